The van der Waals surface area contributed by atoms with Crippen molar-refractivity contribution in [3.8, 4) is 0 Å². The Morgan fingerprint density at radius 1 is 0.717 bits per heavy atom. The average molecular weight is 614 g/mol. The number of pyridine rings is 1. The predicted molar refractivity (Wildman–Crippen MR) is 185 cm³/mol. The summed E-state index contributed by atoms with van der Waals surface area (Å²) in [4.78, 5) is 16.7. The van der Waals surface area contributed by atoms with Gasteiger partial charge in [0.15, 0.2) is 0 Å². The number of benzene rings is 4. The van der Waals surface area contributed by atoms with E-state index in [1.807, 2.05) is 24.3 Å². The highest BCUT2D eigenvalue weighted by molar-refractivity contribution is 5.82. The third-order valence-corrected chi connectivity index (χ3v) is 8.33. The molecule has 4 aromatic carbocycles. The Balaban J connectivity index is 1.18. The second-order valence-electron chi connectivity index (χ2n) is 11.9. The number of aliphatic hydroxyl groups excluding tert-OH is 1. The van der Waals surface area contributed by atoms with E-state index < -0.39 is 12.0 Å². The summed E-state index contributed by atoms with van der Waals surface area (Å²) in [5.41, 5.74) is 19.0. The van der Waals surface area contributed by atoms with Crippen molar-refractivity contribution in [2.45, 2.75) is 50.4 Å². The van der Waals surface area contributed by atoms with E-state index in [1.54, 1.807) is 18.3 Å². The Hall–Kier alpha value is -4.82. The van der Waals surface area contributed by atoms with E-state index in [0.717, 1.165) is 28.7 Å². The Labute approximate surface area is 271 Å². The molecule has 5 rings (SSSR count). The van der Waals surface area contributed by atoms with Gasteiger partial charge in [-0.1, -0.05) is 115 Å². The second kappa shape index (κ2) is 16.0. The van der Waals surface area contributed by atoms with E-state index in [-0.39, 0.29) is 18.0 Å². The van der Waals surface area contributed by atoms with E-state index in [4.69, 9.17) is 11.5 Å². The molecule has 0 aliphatic heterocycles. The van der Waals surface area contributed by atoms with Crippen molar-refractivity contribution in [1.82, 2.24) is 15.6 Å². The number of rotatable bonds is 15. The first-order valence-corrected chi connectivity index (χ1v) is 15.8. The molecule has 46 heavy (non-hydrogen) atoms. The number of aliphatic hydroxyl groups is 1. The minimum Gasteiger partial charge on any atom is -0.387 e. The molecule has 1 amide bonds. The Morgan fingerprint density at radius 2 is 1.35 bits per heavy atom. The summed E-state index contributed by atoms with van der Waals surface area (Å²) < 4.78 is 0. The van der Waals surface area contributed by atoms with Gasteiger partial charge in [-0.05, 0) is 59.2 Å². The lowest BCUT2D eigenvalue weighted by molar-refractivity contribution is -0.119. The number of primary amides is 1. The molecule has 0 fully saturated rings. The highest BCUT2D eigenvalue weighted by atomic mass is 16.3. The first kappa shape index (κ1) is 32.6. The van der Waals surface area contributed by atoms with Crippen LogP contribution < -0.4 is 22.1 Å². The summed E-state index contributed by atoms with van der Waals surface area (Å²) in [5, 5.41) is 17.6. The molecule has 0 aliphatic carbocycles. The van der Waals surface area contributed by atoms with E-state index in [9.17, 15) is 9.90 Å². The van der Waals surface area contributed by atoms with Gasteiger partial charge >= 0.3 is 0 Å². The standard InChI is InChI=1S/C39H43N5O2/c1-27(42-26-36(45)34-19-20-37(40)43-25-34)21-30-9-8-14-33(22-30)35(39(41)46)23-28-15-17-29(18-16-28)24-44-38(31-10-4-2-5-11-31)32-12-6-3-7-13-32/h2-20,22,25,27,35-36,38,42,44-45H,21,23-24,26H2,1H3,(H2,40,43)(H2,41,46)/t27-,35?,36-/m1/s1. The van der Waals surface area contributed by atoms with Crippen LogP contribution >= 0.6 is 0 Å². The van der Waals surface area contributed by atoms with Crippen LogP contribution in [-0.2, 0) is 24.2 Å². The van der Waals surface area contributed by atoms with Gasteiger partial charge in [-0.2, -0.15) is 0 Å². The van der Waals surface area contributed by atoms with Crippen molar-refractivity contribution in [2.24, 2.45) is 5.73 Å². The van der Waals surface area contributed by atoms with E-state index in [2.05, 4.69) is 107 Å². The molecule has 0 aliphatic rings. The maximum atomic E-state index is 12.6. The van der Waals surface area contributed by atoms with Crippen molar-refractivity contribution in [3.05, 3.63) is 166 Å². The molecule has 0 saturated heterocycles. The number of carbonyl (C=O) groups is 1. The van der Waals surface area contributed by atoms with Gasteiger partial charge in [0.2, 0.25) is 5.91 Å². The highest BCUT2D eigenvalue weighted by Crippen LogP contribution is 2.25. The van der Waals surface area contributed by atoms with Gasteiger partial charge in [0.25, 0.3) is 0 Å². The molecule has 7 nitrogen and oxygen atoms in total. The number of hydrogen-bond donors (Lipinski definition) is 5. The Bertz CT molecular complexity index is 1620. The first-order valence-electron chi connectivity index (χ1n) is 15.8. The molecule has 1 unspecified atom stereocenters. The number of amides is 1. The smallest absolute Gasteiger partial charge is 0.225 e. The largest absolute Gasteiger partial charge is 0.387 e. The molecule has 7 heteroatoms. The van der Waals surface area contributed by atoms with Crippen LogP contribution in [0.4, 0.5) is 5.82 Å². The molecular formula is C39H43N5O2. The van der Waals surface area contributed by atoms with Crippen molar-refractivity contribution < 1.29 is 9.90 Å². The lowest BCUT2D eigenvalue weighted by Crippen LogP contribution is -2.32. The summed E-state index contributed by atoms with van der Waals surface area (Å²) >= 11 is 0. The lowest BCUT2D eigenvalue weighted by Gasteiger charge is -2.20. The van der Waals surface area contributed by atoms with E-state index >= 15 is 0 Å². The fraction of sp³-hybridized carbons (Fsp3) is 0.231. The molecule has 0 saturated carbocycles. The van der Waals surface area contributed by atoms with Crippen LogP contribution in [0.5, 0.6) is 0 Å². The van der Waals surface area contributed by atoms with Crippen molar-refractivity contribution >= 4 is 11.7 Å². The fourth-order valence-electron chi connectivity index (χ4n) is 5.76. The molecular weight excluding hydrogens is 570 g/mol. The molecule has 5 aromatic rings. The minimum atomic E-state index is -0.683. The zero-order chi connectivity index (χ0) is 32.3. The third-order valence-electron chi connectivity index (χ3n) is 8.33. The van der Waals surface area contributed by atoms with Crippen LogP contribution in [0.2, 0.25) is 0 Å². The predicted octanol–water partition coefficient (Wildman–Crippen LogP) is 5.61. The maximum absolute atomic E-state index is 12.6. The molecule has 7 N–H and O–H groups in total. The normalized spacial score (nSPS) is 13.3. The van der Waals surface area contributed by atoms with Crippen molar-refractivity contribution in [2.75, 3.05) is 12.3 Å². The van der Waals surface area contributed by atoms with Gasteiger partial charge < -0.3 is 27.2 Å². The fourth-order valence-corrected chi connectivity index (χ4v) is 5.76. The SMILES string of the molecule is C[C@H](Cc1cccc(C(Cc2ccc(CNC(c3ccccc3)c3ccccc3)cc2)C(N)=O)c1)NC[C@@H](O)c1ccc(N)nc1. The Morgan fingerprint density at radius 3 is 1.96 bits per heavy atom. The number of carbonyl (C=O) groups excluding carboxylic acids is 1. The molecule has 3 atom stereocenters. The molecule has 1 aromatic heterocycles. The summed E-state index contributed by atoms with van der Waals surface area (Å²) in [5.74, 6) is -0.358. The number of nitrogens with one attached hydrogen (secondary N) is 2. The van der Waals surface area contributed by atoms with Crippen LogP contribution in [0, 0.1) is 0 Å². The summed E-state index contributed by atoms with van der Waals surface area (Å²) in [6.45, 7) is 3.17. The van der Waals surface area contributed by atoms with Crippen LogP contribution in [-0.4, -0.2) is 28.6 Å². The van der Waals surface area contributed by atoms with Gasteiger partial charge in [-0.3, -0.25) is 4.79 Å². The van der Waals surface area contributed by atoms with Crippen LogP contribution in [0.1, 0.15) is 63.9 Å². The van der Waals surface area contributed by atoms with Crippen molar-refractivity contribution in [3.63, 3.8) is 0 Å². The summed E-state index contributed by atoms with van der Waals surface area (Å²) in [6.07, 6.45) is 2.18. The van der Waals surface area contributed by atoms with Crippen LogP contribution in [0.15, 0.2) is 128 Å². The zero-order valence-electron chi connectivity index (χ0n) is 26.2. The third kappa shape index (κ3) is 9.11. The molecule has 0 bridgehead atoms. The van der Waals surface area contributed by atoms with Gasteiger partial charge in [-0.25, -0.2) is 4.98 Å². The Kier molecular flexibility index (Phi) is 11.3. The molecule has 236 valence electrons. The number of aromatic nitrogens is 1. The first-order chi connectivity index (χ1) is 22.4. The average Bonchev–Trinajstić information content (AvgIpc) is 3.08. The number of nitrogens with two attached hydrogens (primary N) is 2. The maximum Gasteiger partial charge on any atom is 0.225 e. The zero-order valence-corrected chi connectivity index (χ0v) is 26.2. The molecule has 1 heterocycles. The van der Waals surface area contributed by atoms with Crippen LogP contribution in [0.25, 0.3) is 0 Å². The number of nitrogen functional groups attached to an aromatic ring is 1. The minimum absolute atomic E-state index is 0.0811. The van der Waals surface area contributed by atoms with Gasteiger partial charge in [-0.15, -0.1) is 0 Å². The van der Waals surface area contributed by atoms with Crippen LogP contribution in [0.3, 0.4) is 0 Å². The quantitative estimate of drug-likeness (QED) is 0.105. The van der Waals surface area contributed by atoms with Gasteiger partial charge in [0.05, 0.1) is 18.1 Å². The van der Waals surface area contributed by atoms with Crippen molar-refractivity contribution in [1.29, 1.82) is 0 Å². The molecule has 0 spiro atoms. The van der Waals surface area contributed by atoms with Gasteiger partial charge in [0, 0.05) is 30.9 Å². The highest BCUT2D eigenvalue weighted by Gasteiger charge is 2.20. The van der Waals surface area contributed by atoms with Gasteiger partial charge in [0.1, 0.15) is 5.82 Å². The monoisotopic (exact) mass is 613 g/mol. The summed E-state index contributed by atoms with van der Waals surface area (Å²) in [6, 6.07) is 41.1. The number of nitrogens with zero attached hydrogens (tertiary/aromatic N) is 1. The van der Waals surface area contributed by atoms with E-state index in [1.165, 1.54) is 11.1 Å². The number of hydrogen-bond acceptors (Lipinski definition) is 6. The number of anilines is 1. The second-order valence-corrected chi connectivity index (χ2v) is 11.9. The lowest BCUT2D eigenvalue weighted by atomic mass is 9.89. The molecule has 0 radical (unpaired) electrons. The summed E-state index contributed by atoms with van der Waals surface area (Å²) in [7, 11) is 0. The topological polar surface area (TPSA) is 126 Å². The van der Waals surface area contributed by atoms with E-state index in [0.29, 0.717) is 30.9 Å².